The molecule has 1 aromatic heterocycles. The molecule has 0 spiro atoms. The van der Waals surface area contributed by atoms with Gasteiger partial charge in [0.15, 0.2) is 0 Å². The van der Waals surface area contributed by atoms with Crippen molar-refractivity contribution in [2.24, 2.45) is 0 Å². The maximum atomic E-state index is 13.3. The van der Waals surface area contributed by atoms with E-state index in [9.17, 15) is 18.0 Å². The number of piperazine rings is 1. The van der Waals surface area contributed by atoms with E-state index in [0.717, 1.165) is 53.7 Å². The molecule has 0 bridgehead atoms. The number of hydrogen-bond donors (Lipinski definition) is 1. The predicted octanol–water partition coefficient (Wildman–Crippen LogP) is 3.77. The van der Waals surface area contributed by atoms with Gasteiger partial charge in [0, 0.05) is 54.4 Å². The first kappa shape index (κ1) is 27.5. The molecule has 2 aliphatic rings. The van der Waals surface area contributed by atoms with Crippen LogP contribution in [0.5, 0.6) is 0 Å². The smallest absolute Gasteiger partial charge is 0.341 e. The molecule has 5 rings (SSSR count). The van der Waals surface area contributed by atoms with E-state index in [4.69, 9.17) is 16.0 Å². The van der Waals surface area contributed by atoms with Crippen molar-refractivity contribution in [3.8, 4) is 0 Å². The fourth-order valence-corrected chi connectivity index (χ4v) is 6.50. The van der Waals surface area contributed by atoms with Gasteiger partial charge in [0.05, 0.1) is 29.1 Å². The Labute approximate surface area is 233 Å². The third kappa shape index (κ3) is 5.25. The number of hydrogen-bond acceptors (Lipinski definition) is 7. The van der Waals surface area contributed by atoms with Gasteiger partial charge in [-0.05, 0) is 69.6 Å². The summed E-state index contributed by atoms with van der Waals surface area (Å²) >= 11 is 6.24. The summed E-state index contributed by atoms with van der Waals surface area (Å²) < 4.78 is 31.4. The Morgan fingerprint density at radius 2 is 1.87 bits per heavy atom. The Bertz CT molecular complexity index is 1650. The van der Waals surface area contributed by atoms with Crippen LogP contribution in [0.25, 0.3) is 11.0 Å². The number of amides is 1. The van der Waals surface area contributed by atoms with Gasteiger partial charge in [0.1, 0.15) is 5.58 Å². The van der Waals surface area contributed by atoms with Crippen LogP contribution in [0.2, 0.25) is 5.02 Å². The molecule has 1 fully saturated rings. The van der Waals surface area contributed by atoms with Gasteiger partial charge in [-0.25, -0.2) is 13.2 Å². The third-order valence-corrected chi connectivity index (χ3v) is 8.79. The monoisotopic (exact) mass is 572 g/mol. The van der Waals surface area contributed by atoms with Crippen LogP contribution in [0, 0.1) is 13.8 Å². The number of carbonyl (C=O) groups excluding carboxylic acids is 1. The molecule has 0 unspecified atom stereocenters. The summed E-state index contributed by atoms with van der Waals surface area (Å²) in [5.41, 5.74) is 5.26. The first-order chi connectivity index (χ1) is 18.3. The lowest BCUT2D eigenvalue weighted by Crippen LogP contribution is -2.50. The number of benzene rings is 2. The van der Waals surface area contributed by atoms with Crippen LogP contribution < -0.4 is 15.2 Å². The standard InChI is InChI=1S/C28H33ClN4O5S/c1-16-12-24(32-11-10-31(4)17(2)14-32)18(3)26-25(16)20-8-9-33(15-21(20)28(35)38-26)27(34)19-6-7-23(22(29)13-19)30-39(5,36)37/h6-7,12-13,17,30H,8-11,14-15H2,1-5H3/t17-/m0/s1. The number of likely N-dealkylation sites (N-methyl/N-ethyl adjacent to an activating group) is 1. The van der Waals surface area contributed by atoms with Crippen molar-refractivity contribution in [2.75, 3.05) is 49.1 Å². The molecule has 11 heteroatoms. The SMILES string of the molecule is Cc1c(N2CCN(C)[C@@H](C)C2)cc(C)c2c3c(c(=O)oc12)CN(C(=O)c1ccc(NS(C)(=O)=O)c(Cl)c1)CC3. The zero-order chi connectivity index (χ0) is 28.2. The Balaban J connectivity index is 1.46. The number of sulfonamides is 1. The molecule has 0 saturated carbocycles. The molecule has 208 valence electrons. The number of aryl methyl sites for hydroxylation is 2. The molecule has 0 radical (unpaired) electrons. The molecule has 1 amide bonds. The van der Waals surface area contributed by atoms with Crippen molar-refractivity contribution >= 4 is 49.9 Å². The topological polar surface area (TPSA) is 103 Å². The van der Waals surface area contributed by atoms with Crippen molar-refractivity contribution in [1.82, 2.24) is 9.80 Å². The second kappa shape index (κ2) is 10.1. The molecule has 1 saturated heterocycles. The lowest BCUT2D eigenvalue weighted by Gasteiger charge is -2.40. The first-order valence-corrected chi connectivity index (χ1v) is 15.2. The summed E-state index contributed by atoms with van der Waals surface area (Å²) in [5.74, 6) is -0.291. The number of halogens is 1. The van der Waals surface area contributed by atoms with Crippen LogP contribution in [0.3, 0.4) is 0 Å². The molecule has 3 aromatic rings. The highest BCUT2D eigenvalue weighted by Gasteiger charge is 2.29. The van der Waals surface area contributed by atoms with Gasteiger partial charge in [-0.3, -0.25) is 9.52 Å². The minimum absolute atomic E-state index is 0.117. The van der Waals surface area contributed by atoms with Crippen LogP contribution in [0.4, 0.5) is 11.4 Å². The normalized spacial score (nSPS) is 18.4. The van der Waals surface area contributed by atoms with Gasteiger partial charge in [-0.15, -0.1) is 0 Å². The van der Waals surface area contributed by atoms with Gasteiger partial charge in [0.25, 0.3) is 5.91 Å². The number of carbonyl (C=O) groups is 1. The number of anilines is 2. The van der Waals surface area contributed by atoms with Crippen LogP contribution in [0.1, 0.15) is 39.5 Å². The fraction of sp³-hybridized carbons (Fsp3) is 0.429. The summed E-state index contributed by atoms with van der Waals surface area (Å²) in [6, 6.07) is 7.04. The molecule has 2 aliphatic heterocycles. The minimum atomic E-state index is -3.51. The highest BCUT2D eigenvalue weighted by Crippen LogP contribution is 2.36. The second-order valence-corrected chi connectivity index (χ2v) is 12.9. The summed E-state index contributed by atoms with van der Waals surface area (Å²) in [4.78, 5) is 32.9. The molecule has 0 aliphatic carbocycles. The zero-order valence-corrected chi connectivity index (χ0v) is 24.4. The molecule has 2 aromatic carbocycles. The van der Waals surface area contributed by atoms with Crippen molar-refractivity contribution in [1.29, 1.82) is 0 Å². The predicted molar refractivity (Wildman–Crippen MR) is 155 cm³/mol. The Morgan fingerprint density at radius 3 is 2.54 bits per heavy atom. The summed E-state index contributed by atoms with van der Waals surface area (Å²) in [5, 5.41) is 1.07. The maximum absolute atomic E-state index is 13.3. The molecular weight excluding hydrogens is 540 g/mol. The average molecular weight is 573 g/mol. The average Bonchev–Trinajstić information content (AvgIpc) is 2.87. The number of fused-ring (bicyclic) bond motifs is 3. The Kier molecular flexibility index (Phi) is 7.15. The molecule has 39 heavy (non-hydrogen) atoms. The van der Waals surface area contributed by atoms with Crippen molar-refractivity contribution < 1.29 is 17.6 Å². The van der Waals surface area contributed by atoms with E-state index >= 15 is 0 Å². The van der Waals surface area contributed by atoms with E-state index in [-0.39, 0.29) is 23.2 Å². The summed E-state index contributed by atoms with van der Waals surface area (Å²) in [6.45, 7) is 9.63. The first-order valence-electron chi connectivity index (χ1n) is 12.9. The quantitative estimate of drug-likeness (QED) is 0.475. The highest BCUT2D eigenvalue weighted by atomic mass is 35.5. The van der Waals surface area contributed by atoms with Crippen LogP contribution in [0.15, 0.2) is 33.5 Å². The zero-order valence-electron chi connectivity index (χ0n) is 22.8. The minimum Gasteiger partial charge on any atom is -0.422 e. The lowest BCUT2D eigenvalue weighted by atomic mass is 9.92. The van der Waals surface area contributed by atoms with Gasteiger partial charge in [-0.1, -0.05) is 11.6 Å². The maximum Gasteiger partial charge on any atom is 0.341 e. The second-order valence-electron chi connectivity index (χ2n) is 10.7. The third-order valence-electron chi connectivity index (χ3n) is 7.89. The molecule has 1 atom stereocenters. The molecule has 3 heterocycles. The number of rotatable bonds is 4. The van der Waals surface area contributed by atoms with Gasteiger partial charge >= 0.3 is 5.63 Å². The largest absolute Gasteiger partial charge is 0.422 e. The Hall–Kier alpha value is -3.08. The van der Waals surface area contributed by atoms with E-state index in [1.54, 1.807) is 4.90 Å². The highest BCUT2D eigenvalue weighted by molar-refractivity contribution is 7.92. The summed E-state index contributed by atoms with van der Waals surface area (Å²) in [6.07, 6.45) is 1.55. The van der Waals surface area contributed by atoms with Crippen LogP contribution in [-0.4, -0.2) is 69.6 Å². The van der Waals surface area contributed by atoms with Gasteiger partial charge < -0.3 is 19.1 Å². The van der Waals surface area contributed by atoms with E-state index in [0.29, 0.717) is 35.7 Å². The van der Waals surface area contributed by atoms with E-state index < -0.39 is 15.6 Å². The molecule has 9 nitrogen and oxygen atoms in total. The molecule has 1 N–H and O–H groups in total. The summed E-state index contributed by atoms with van der Waals surface area (Å²) in [7, 11) is -1.37. The number of nitrogens with zero attached hydrogens (tertiary/aromatic N) is 3. The van der Waals surface area contributed by atoms with Crippen molar-refractivity contribution in [3.63, 3.8) is 0 Å². The van der Waals surface area contributed by atoms with Crippen LogP contribution >= 0.6 is 11.6 Å². The van der Waals surface area contributed by atoms with Crippen molar-refractivity contribution in [3.05, 3.63) is 67.5 Å². The Morgan fingerprint density at radius 1 is 1.13 bits per heavy atom. The van der Waals surface area contributed by atoms with E-state index in [1.807, 2.05) is 6.92 Å². The van der Waals surface area contributed by atoms with E-state index in [1.165, 1.54) is 18.2 Å². The van der Waals surface area contributed by atoms with E-state index in [2.05, 4.69) is 41.5 Å². The molecular formula is C28H33ClN4O5S. The lowest BCUT2D eigenvalue weighted by molar-refractivity contribution is 0.0733. The fourth-order valence-electron chi connectivity index (χ4n) is 5.63. The van der Waals surface area contributed by atoms with Crippen LogP contribution in [-0.2, 0) is 23.0 Å². The van der Waals surface area contributed by atoms with Gasteiger partial charge in [-0.2, -0.15) is 0 Å². The number of nitrogens with one attached hydrogen (secondary N) is 1. The van der Waals surface area contributed by atoms with Crippen molar-refractivity contribution in [2.45, 2.75) is 39.8 Å². The van der Waals surface area contributed by atoms with Gasteiger partial charge in [0.2, 0.25) is 10.0 Å².